The van der Waals surface area contributed by atoms with Crippen molar-refractivity contribution in [3.8, 4) is 0 Å². The second kappa shape index (κ2) is 3.98. The molecule has 1 aliphatic heterocycles. The second-order valence-corrected chi connectivity index (χ2v) is 5.01. The van der Waals surface area contributed by atoms with Gasteiger partial charge in [0.15, 0.2) is 6.23 Å². The van der Waals surface area contributed by atoms with Gasteiger partial charge in [0.2, 0.25) is 0 Å². The number of hydrogen-bond acceptors (Lipinski definition) is 3. The minimum atomic E-state index is -0.819. The normalized spacial score (nSPS) is 18.5. The van der Waals surface area contributed by atoms with Gasteiger partial charge in [-0.25, -0.2) is 0 Å². The first kappa shape index (κ1) is 10.5. The Bertz CT molecular complexity index is 550. The van der Waals surface area contributed by atoms with Gasteiger partial charge in [-0.05, 0) is 17.5 Å². The van der Waals surface area contributed by atoms with Crippen molar-refractivity contribution in [2.24, 2.45) is 0 Å². The number of hydrogen-bond donors (Lipinski definition) is 1. The van der Waals surface area contributed by atoms with E-state index in [1.807, 2.05) is 29.6 Å². The van der Waals surface area contributed by atoms with Gasteiger partial charge in [-0.3, -0.25) is 4.79 Å². The predicted octanol–water partition coefficient (Wildman–Crippen LogP) is 2.40. The summed E-state index contributed by atoms with van der Waals surface area (Å²) in [5.74, 6) is -0.0958. The molecule has 0 aliphatic carbocycles. The van der Waals surface area contributed by atoms with Gasteiger partial charge in [0.25, 0.3) is 5.91 Å². The van der Waals surface area contributed by atoms with Crippen LogP contribution in [-0.4, -0.2) is 15.9 Å². The van der Waals surface area contributed by atoms with Crippen LogP contribution in [0.25, 0.3) is 0 Å². The smallest absolute Gasteiger partial charge is 0.256 e. The van der Waals surface area contributed by atoms with E-state index < -0.39 is 6.23 Å². The summed E-state index contributed by atoms with van der Waals surface area (Å²) >= 11 is 1.59. The van der Waals surface area contributed by atoms with E-state index in [1.165, 1.54) is 4.90 Å². The van der Waals surface area contributed by atoms with E-state index in [2.05, 4.69) is 0 Å². The van der Waals surface area contributed by atoms with E-state index in [-0.39, 0.29) is 5.91 Å². The zero-order chi connectivity index (χ0) is 11.8. The molecule has 1 unspecified atom stereocenters. The van der Waals surface area contributed by atoms with Crippen LogP contribution in [0.1, 0.15) is 27.0 Å². The Morgan fingerprint density at radius 1 is 1.24 bits per heavy atom. The third kappa shape index (κ3) is 1.66. The van der Waals surface area contributed by atoms with E-state index >= 15 is 0 Å². The van der Waals surface area contributed by atoms with Gasteiger partial charge in [0, 0.05) is 16.0 Å². The van der Waals surface area contributed by atoms with Gasteiger partial charge in [-0.2, -0.15) is 0 Å². The number of fused-ring (bicyclic) bond motifs is 1. The Kier molecular flexibility index (Phi) is 2.46. The Labute approximate surface area is 103 Å². The standard InChI is InChI=1S/C13H11NO2S/c15-12-10-5-1-2-6-11(10)13(16)14(12)8-9-4-3-7-17-9/h1-7,12,15H,8H2. The number of thiophene rings is 1. The molecule has 0 saturated carbocycles. The number of rotatable bonds is 2. The minimum Gasteiger partial charge on any atom is -0.369 e. The van der Waals surface area contributed by atoms with Crippen molar-refractivity contribution in [1.29, 1.82) is 0 Å². The molecule has 1 aromatic carbocycles. The predicted molar refractivity (Wildman–Crippen MR) is 65.6 cm³/mol. The number of carbonyl (C=O) groups is 1. The molecule has 86 valence electrons. The third-order valence-corrected chi connectivity index (χ3v) is 3.79. The van der Waals surface area contributed by atoms with Crippen molar-refractivity contribution < 1.29 is 9.90 Å². The minimum absolute atomic E-state index is 0.0958. The summed E-state index contributed by atoms with van der Waals surface area (Å²) in [6, 6.07) is 11.1. The molecule has 1 aromatic heterocycles. The van der Waals surface area contributed by atoms with Crippen LogP contribution in [0, 0.1) is 0 Å². The Morgan fingerprint density at radius 2 is 2.06 bits per heavy atom. The van der Waals surface area contributed by atoms with E-state index in [1.54, 1.807) is 23.5 Å². The summed E-state index contributed by atoms with van der Waals surface area (Å²) in [6.45, 7) is 0.465. The Morgan fingerprint density at radius 3 is 2.76 bits per heavy atom. The maximum Gasteiger partial charge on any atom is 0.256 e. The molecule has 0 bridgehead atoms. The SMILES string of the molecule is O=C1c2ccccc2C(O)N1Cc1cccs1. The number of carbonyl (C=O) groups excluding carboxylic acids is 1. The lowest BCUT2D eigenvalue weighted by atomic mass is 10.1. The monoisotopic (exact) mass is 245 g/mol. The zero-order valence-electron chi connectivity index (χ0n) is 9.04. The van der Waals surface area contributed by atoms with Crippen molar-refractivity contribution in [1.82, 2.24) is 4.90 Å². The lowest BCUT2D eigenvalue weighted by molar-refractivity contribution is 0.0142. The summed E-state index contributed by atoms with van der Waals surface area (Å²) in [7, 11) is 0. The Hall–Kier alpha value is -1.65. The molecule has 1 amide bonds. The number of benzene rings is 1. The molecular formula is C13H11NO2S. The first-order chi connectivity index (χ1) is 8.27. The fraction of sp³-hybridized carbons (Fsp3) is 0.154. The summed E-state index contributed by atoms with van der Waals surface area (Å²) in [5, 5.41) is 12.1. The molecule has 3 nitrogen and oxygen atoms in total. The zero-order valence-corrected chi connectivity index (χ0v) is 9.85. The average Bonchev–Trinajstić information content (AvgIpc) is 2.94. The highest BCUT2D eigenvalue weighted by atomic mass is 32.1. The fourth-order valence-corrected chi connectivity index (χ4v) is 2.78. The van der Waals surface area contributed by atoms with Crippen molar-refractivity contribution in [3.05, 3.63) is 57.8 Å². The highest BCUT2D eigenvalue weighted by Gasteiger charge is 2.34. The molecule has 0 radical (unpaired) electrons. The first-order valence-corrected chi connectivity index (χ1v) is 6.25. The van der Waals surface area contributed by atoms with E-state index in [0.717, 1.165) is 4.88 Å². The third-order valence-electron chi connectivity index (χ3n) is 2.93. The van der Waals surface area contributed by atoms with Crippen molar-refractivity contribution in [2.45, 2.75) is 12.8 Å². The maximum absolute atomic E-state index is 12.1. The topological polar surface area (TPSA) is 40.5 Å². The van der Waals surface area contributed by atoms with Crippen LogP contribution in [0.4, 0.5) is 0 Å². The number of aliphatic hydroxyl groups excluding tert-OH is 1. The molecule has 0 saturated heterocycles. The molecule has 2 aromatic rings. The molecule has 1 atom stereocenters. The quantitative estimate of drug-likeness (QED) is 0.882. The summed E-state index contributed by atoms with van der Waals surface area (Å²) < 4.78 is 0. The highest BCUT2D eigenvalue weighted by Crippen LogP contribution is 2.33. The van der Waals surface area contributed by atoms with Crippen molar-refractivity contribution >= 4 is 17.2 Å². The van der Waals surface area contributed by atoms with E-state index in [0.29, 0.717) is 17.7 Å². The van der Waals surface area contributed by atoms with Gasteiger partial charge < -0.3 is 10.0 Å². The van der Waals surface area contributed by atoms with Gasteiger partial charge in [0.05, 0.1) is 6.54 Å². The van der Waals surface area contributed by atoms with E-state index in [4.69, 9.17) is 0 Å². The lowest BCUT2D eigenvalue weighted by Crippen LogP contribution is -2.26. The van der Waals surface area contributed by atoms with Crippen LogP contribution in [0.5, 0.6) is 0 Å². The fourth-order valence-electron chi connectivity index (χ4n) is 2.08. The number of amides is 1. The number of nitrogens with zero attached hydrogens (tertiary/aromatic N) is 1. The van der Waals surface area contributed by atoms with Gasteiger partial charge in [-0.15, -0.1) is 11.3 Å². The Balaban J connectivity index is 1.92. The van der Waals surface area contributed by atoms with E-state index in [9.17, 15) is 9.90 Å². The van der Waals surface area contributed by atoms with Crippen LogP contribution >= 0.6 is 11.3 Å². The molecule has 1 N–H and O–H groups in total. The first-order valence-electron chi connectivity index (χ1n) is 5.38. The average molecular weight is 245 g/mol. The summed E-state index contributed by atoms with van der Waals surface area (Å²) in [5.41, 5.74) is 1.31. The summed E-state index contributed by atoms with van der Waals surface area (Å²) in [4.78, 5) is 14.7. The second-order valence-electron chi connectivity index (χ2n) is 3.97. The maximum atomic E-state index is 12.1. The highest BCUT2D eigenvalue weighted by molar-refractivity contribution is 7.09. The molecule has 3 rings (SSSR count). The molecule has 1 aliphatic rings. The van der Waals surface area contributed by atoms with Crippen molar-refractivity contribution in [3.63, 3.8) is 0 Å². The van der Waals surface area contributed by atoms with Crippen LogP contribution in [0.2, 0.25) is 0 Å². The van der Waals surface area contributed by atoms with Gasteiger partial charge in [-0.1, -0.05) is 24.3 Å². The molecule has 17 heavy (non-hydrogen) atoms. The van der Waals surface area contributed by atoms with Crippen LogP contribution < -0.4 is 0 Å². The largest absolute Gasteiger partial charge is 0.369 e. The molecular weight excluding hydrogens is 234 g/mol. The van der Waals surface area contributed by atoms with Crippen LogP contribution in [0.3, 0.4) is 0 Å². The molecule has 2 heterocycles. The molecule has 4 heteroatoms. The van der Waals surface area contributed by atoms with Crippen molar-refractivity contribution in [2.75, 3.05) is 0 Å². The van der Waals surface area contributed by atoms with Gasteiger partial charge in [0.1, 0.15) is 0 Å². The van der Waals surface area contributed by atoms with Crippen LogP contribution in [-0.2, 0) is 6.54 Å². The van der Waals surface area contributed by atoms with Gasteiger partial charge >= 0.3 is 0 Å². The van der Waals surface area contributed by atoms with Crippen LogP contribution in [0.15, 0.2) is 41.8 Å². The number of aliphatic hydroxyl groups is 1. The molecule has 0 spiro atoms. The molecule has 0 fully saturated rings. The lowest BCUT2D eigenvalue weighted by Gasteiger charge is -2.19. The summed E-state index contributed by atoms with van der Waals surface area (Å²) in [6.07, 6.45) is -0.819.